The van der Waals surface area contributed by atoms with E-state index in [2.05, 4.69) is 10.2 Å². The van der Waals surface area contributed by atoms with Crippen molar-refractivity contribution in [2.45, 2.75) is 23.6 Å². The standard InChI is InChI=1S/C21H15N3O4S.C2H6/c1-27-18-8-4-2-6-16(18)20-22-23-21(28-20)17-7-3-5-9-19(17)29-15-12-10-14(11-13-15)24(25)26;1-2/h2-13H,1H3;1-2H3. The normalized spacial score (nSPS) is 10.2. The van der Waals surface area contributed by atoms with Crippen LogP contribution in [0.1, 0.15) is 13.8 Å². The minimum absolute atomic E-state index is 0.0565. The van der Waals surface area contributed by atoms with Gasteiger partial charge in [-0.05, 0) is 36.4 Å². The first kappa shape index (κ1) is 22.0. The van der Waals surface area contributed by atoms with Gasteiger partial charge in [0, 0.05) is 21.9 Å². The number of nitro benzene ring substituents is 1. The van der Waals surface area contributed by atoms with Crippen LogP contribution in [0, 0.1) is 10.1 Å². The van der Waals surface area contributed by atoms with Crippen LogP contribution in [0.5, 0.6) is 5.75 Å². The number of nitrogens with zero attached hydrogens (tertiary/aromatic N) is 3. The summed E-state index contributed by atoms with van der Waals surface area (Å²) in [7, 11) is 1.59. The lowest BCUT2D eigenvalue weighted by atomic mass is 10.2. The van der Waals surface area contributed by atoms with Gasteiger partial charge in [0.2, 0.25) is 5.89 Å². The van der Waals surface area contributed by atoms with Crippen LogP contribution < -0.4 is 4.74 Å². The topological polar surface area (TPSA) is 91.3 Å². The van der Waals surface area contributed by atoms with E-state index in [1.807, 2.05) is 62.4 Å². The fourth-order valence-electron chi connectivity index (χ4n) is 2.76. The third-order valence-corrected chi connectivity index (χ3v) is 5.24. The Morgan fingerprint density at radius 3 is 2.10 bits per heavy atom. The largest absolute Gasteiger partial charge is 0.496 e. The van der Waals surface area contributed by atoms with Crippen LogP contribution in [0.25, 0.3) is 22.9 Å². The van der Waals surface area contributed by atoms with Crippen molar-refractivity contribution in [2.24, 2.45) is 0 Å². The number of rotatable bonds is 6. The third-order valence-electron chi connectivity index (χ3n) is 4.16. The predicted molar refractivity (Wildman–Crippen MR) is 120 cm³/mol. The Morgan fingerprint density at radius 1 is 0.871 bits per heavy atom. The number of non-ortho nitro benzene ring substituents is 1. The second kappa shape index (κ2) is 10.4. The van der Waals surface area contributed by atoms with Crippen molar-refractivity contribution in [1.82, 2.24) is 10.2 Å². The van der Waals surface area contributed by atoms with E-state index < -0.39 is 4.92 Å². The van der Waals surface area contributed by atoms with Gasteiger partial charge in [-0.2, -0.15) is 0 Å². The van der Waals surface area contributed by atoms with E-state index in [0.29, 0.717) is 23.1 Å². The Bertz CT molecular complexity index is 1160. The molecule has 1 aromatic heterocycles. The molecule has 0 bridgehead atoms. The van der Waals surface area contributed by atoms with Gasteiger partial charge in [0.15, 0.2) is 0 Å². The van der Waals surface area contributed by atoms with Gasteiger partial charge in [-0.1, -0.05) is 49.9 Å². The predicted octanol–water partition coefficient (Wildman–Crippen LogP) is 6.50. The number of aromatic nitrogens is 2. The molecule has 0 N–H and O–H groups in total. The molecular weight excluding hydrogens is 414 g/mol. The molecule has 0 aliphatic rings. The SMILES string of the molecule is CC.COc1ccccc1-c1nnc(-c2ccccc2Sc2ccc([N+](=O)[O-])cc2)o1. The van der Waals surface area contributed by atoms with Gasteiger partial charge in [0.1, 0.15) is 5.75 Å². The number of nitro groups is 1. The average Bonchev–Trinajstić information content (AvgIpc) is 3.31. The lowest BCUT2D eigenvalue weighted by Gasteiger charge is -2.06. The third kappa shape index (κ3) is 5.10. The summed E-state index contributed by atoms with van der Waals surface area (Å²) in [6, 6.07) is 21.5. The quantitative estimate of drug-likeness (QED) is 0.252. The zero-order chi connectivity index (χ0) is 22.2. The molecule has 0 radical (unpaired) electrons. The molecule has 0 atom stereocenters. The molecule has 7 nitrogen and oxygen atoms in total. The molecule has 0 aliphatic heterocycles. The van der Waals surface area contributed by atoms with Gasteiger partial charge in [-0.3, -0.25) is 10.1 Å². The number of benzene rings is 3. The van der Waals surface area contributed by atoms with Crippen LogP contribution in [0.2, 0.25) is 0 Å². The van der Waals surface area contributed by atoms with Gasteiger partial charge in [0.25, 0.3) is 11.6 Å². The van der Waals surface area contributed by atoms with Crippen LogP contribution >= 0.6 is 11.8 Å². The molecule has 0 saturated carbocycles. The molecule has 0 spiro atoms. The van der Waals surface area contributed by atoms with Gasteiger partial charge in [0.05, 0.1) is 23.2 Å². The average molecular weight is 436 g/mol. The summed E-state index contributed by atoms with van der Waals surface area (Å²) in [4.78, 5) is 12.2. The first-order valence-electron chi connectivity index (χ1n) is 9.64. The van der Waals surface area contributed by atoms with Gasteiger partial charge in [-0.15, -0.1) is 10.2 Å². The van der Waals surface area contributed by atoms with Crippen molar-refractivity contribution >= 4 is 17.4 Å². The summed E-state index contributed by atoms with van der Waals surface area (Å²) in [5.41, 5.74) is 1.56. The summed E-state index contributed by atoms with van der Waals surface area (Å²) in [5, 5.41) is 19.2. The van der Waals surface area contributed by atoms with Crippen LogP contribution in [0.15, 0.2) is 87.0 Å². The highest BCUT2D eigenvalue weighted by atomic mass is 32.2. The molecule has 0 amide bonds. The molecule has 1 heterocycles. The molecule has 0 unspecified atom stereocenters. The maximum absolute atomic E-state index is 10.8. The minimum atomic E-state index is -0.416. The maximum Gasteiger partial charge on any atom is 0.269 e. The second-order valence-corrected chi connectivity index (χ2v) is 7.08. The summed E-state index contributed by atoms with van der Waals surface area (Å²) in [5.74, 6) is 1.40. The molecule has 4 aromatic rings. The lowest BCUT2D eigenvalue weighted by molar-refractivity contribution is -0.384. The molecule has 0 saturated heterocycles. The monoisotopic (exact) mass is 435 g/mol. The van der Waals surface area contributed by atoms with E-state index in [1.165, 1.54) is 23.9 Å². The zero-order valence-corrected chi connectivity index (χ0v) is 18.1. The highest BCUT2D eigenvalue weighted by molar-refractivity contribution is 7.99. The van der Waals surface area contributed by atoms with E-state index in [0.717, 1.165) is 15.4 Å². The van der Waals surface area contributed by atoms with Gasteiger partial charge in [-0.25, -0.2) is 0 Å². The van der Waals surface area contributed by atoms with E-state index >= 15 is 0 Å². The molecule has 3 aromatic carbocycles. The maximum atomic E-state index is 10.8. The second-order valence-electron chi connectivity index (χ2n) is 5.96. The summed E-state index contributed by atoms with van der Waals surface area (Å²) in [6.07, 6.45) is 0. The number of ether oxygens (including phenoxy) is 1. The van der Waals surface area contributed by atoms with E-state index in [4.69, 9.17) is 9.15 Å². The zero-order valence-electron chi connectivity index (χ0n) is 17.3. The summed E-state index contributed by atoms with van der Waals surface area (Å²) in [6.45, 7) is 4.00. The molecule has 8 heteroatoms. The number of methoxy groups -OCH3 is 1. The molecule has 31 heavy (non-hydrogen) atoms. The Kier molecular flexibility index (Phi) is 7.40. The molecule has 4 rings (SSSR count). The van der Waals surface area contributed by atoms with Crippen molar-refractivity contribution in [3.8, 4) is 28.7 Å². The Morgan fingerprint density at radius 2 is 1.45 bits per heavy atom. The van der Waals surface area contributed by atoms with Crippen molar-refractivity contribution in [3.63, 3.8) is 0 Å². The van der Waals surface area contributed by atoms with E-state index in [1.54, 1.807) is 19.2 Å². The molecule has 0 fully saturated rings. The van der Waals surface area contributed by atoms with Crippen molar-refractivity contribution in [2.75, 3.05) is 7.11 Å². The Hall–Kier alpha value is -3.65. The summed E-state index contributed by atoms with van der Waals surface area (Å²) >= 11 is 1.47. The first-order chi connectivity index (χ1) is 15.2. The molecule has 0 aliphatic carbocycles. The van der Waals surface area contributed by atoms with Crippen molar-refractivity contribution < 1.29 is 14.1 Å². The van der Waals surface area contributed by atoms with Crippen LogP contribution in [-0.4, -0.2) is 22.2 Å². The van der Waals surface area contributed by atoms with Crippen molar-refractivity contribution in [1.29, 1.82) is 0 Å². The van der Waals surface area contributed by atoms with Crippen molar-refractivity contribution in [3.05, 3.63) is 82.9 Å². The number of hydrogen-bond acceptors (Lipinski definition) is 7. The van der Waals surface area contributed by atoms with E-state index in [-0.39, 0.29) is 5.69 Å². The molecular formula is C23H21N3O4S. The van der Waals surface area contributed by atoms with Gasteiger partial charge < -0.3 is 9.15 Å². The number of para-hydroxylation sites is 1. The van der Waals surface area contributed by atoms with E-state index in [9.17, 15) is 10.1 Å². The fourth-order valence-corrected chi connectivity index (χ4v) is 3.70. The van der Waals surface area contributed by atoms with Gasteiger partial charge >= 0.3 is 0 Å². The first-order valence-corrected chi connectivity index (χ1v) is 10.5. The van der Waals surface area contributed by atoms with Crippen LogP contribution in [-0.2, 0) is 0 Å². The van der Waals surface area contributed by atoms with Crippen LogP contribution in [0.4, 0.5) is 5.69 Å². The highest BCUT2D eigenvalue weighted by Crippen LogP contribution is 2.37. The molecule has 158 valence electrons. The lowest BCUT2D eigenvalue weighted by Crippen LogP contribution is -1.87. The van der Waals surface area contributed by atoms with Crippen LogP contribution in [0.3, 0.4) is 0 Å². The minimum Gasteiger partial charge on any atom is -0.496 e. The highest BCUT2D eigenvalue weighted by Gasteiger charge is 2.17. The fraction of sp³-hybridized carbons (Fsp3) is 0.130. The smallest absolute Gasteiger partial charge is 0.269 e. The number of hydrogen-bond donors (Lipinski definition) is 0. The Labute approximate surface area is 184 Å². The Balaban J connectivity index is 0.00000132. The summed E-state index contributed by atoms with van der Waals surface area (Å²) < 4.78 is 11.3.